The lowest BCUT2D eigenvalue weighted by molar-refractivity contribution is -0.143. The van der Waals surface area contributed by atoms with E-state index in [4.69, 9.17) is 27.9 Å². The Morgan fingerprint density at radius 3 is 2.00 bits per heavy atom. The molecule has 3 nitrogen and oxygen atoms in total. The Morgan fingerprint density at radius 2 is 1.69 bits per heavy atom. The van der Waals surface area contributed by atoms with Gasteiger partial charge < -0.3 is 9.84 Å². The maximum absolute atomic E-state index is 11.3. The van der Waals surface area contributed by atoms with Crippen molar-refractivity contribution in [2.24, 2.45) is 0 Å². The molecule has 1 aromatic rings. The Labute approximate surface area is 103 Å². The molecule has 0 saturated carbocycles. The highest BCUT2D eigenvalue weighted by atomic mass is 35.5. The van der Waals surface area contributed by atoms with E-state index >= 15 is 0 Å². The van der Waals surface area contributed by atoms with Gasteiger partial charge >= 0.3 is 5.97 Å². The summed E-state index contributed by atoms with van der Waals surface area (Å²) in [7, 11) is 0. The van der Waals surface area contributed by atoms with Crippen molar-refractivity contribution >= 4 is 29.2 Å². The molecule has 0 aromatic heterocycles. The lowest BCUT2D eigenvalue weighted by atomic mass is 9.88. The van der Waals surface area contributed by atoms with Gasteiger partial charge in [0.25, 0.3) is 0 Å². The predicted octanol–water partition coefficient (Wildman–Crippen LogP) is 3.08. The SMILES string of the molecule is CC1(C)OC1(C(=O)O)c1cc(Cl)cc(Cl)c1. The number of benzene rings is 1. The molecule has 1 heterocycles. The Morgan fingerprint density at radius 1 is 1.25 bits per heavy atom. The van der Waals surface area contributed by atoms with Crippen molar-refractivity contribution in [2.75, 3.05) is 0 Å². The van der Waals surface area contributed by atoms with Crippen LogP contribution in [0, 0.1) is 0 Å². The van der Waals surface area contributed by atoms with E-state index in [9.17, 15) is 9.90 Å². The fourth-order valence-electron chi connectivity index (χ4n) is 1.95. The fraction of sp³-hybridized carbons (Fsp3) is 0.364. The molecule has 5 heteroatoms. The summed E-state index contributed by atoms with van der Waals surface area (Å²) in [5, 5.41) is 10.1. The van der Waals surface area contributed by atoms with E-state index in [0.717, 1.165) is 0 Å². The van der Waals surface area contributed by atoms with Crippen LogP contribution in [0.5, 0.6) is 0 Å². The largest absolute Gasteiger partial charge is 0.479 e. The van der Waals surface area contributed by atoms with Crippen molar-refractivity contribution in [1.82, 2.24) is 0 Å². The van der Waals surface area contributed by atoms with Gasteiger partial charge in [-0.15, -0.1) is 0 Å². The van der Waals surface area contributed by atoms with Crippen LogP contribution in [0.4, 0.5) is 0 Å². The molecule has 1 N–H and O–H groups in total. The Kier molecular flexibility index (Phi) is 2.46. The second-order valence-electron chi connectivity index (χ2n) is 4.26. The molecule has 86 valence electrons. The smallest absolute Gasteiger partial charge is 0.343 e. The van der Waals surface area contributed by atoms with Crippen LogP contribution < -0.4 is 0 Å². The van der Waals surface area contributed by atoms with Crippen molar-refractivity contribution in [3.63, 3.8) is 0 Å². The minimum Gasteiger partial charge on any atom is -0.479 e. The molecule has 1 aromatic carbocycles. The topological polar surface area (TPSA) is 49.8 Å². The van der Waals surface area contributed by atoms with Crippen molar-refractivity contribution < 1.29 is 14.6 Å². The number of carboxylic acid groups (broad SMARTS) is 1. The molecule has 1 fully saturated rings. The van der Waals surface area contributed by atoms with Crippen LogP contribution in [0.2, 0.25) is 10.0 Å². The standard InChI is InChI=1S/C11H10Cl2O3/c1-10(2)11(16-10,9(14)15)6-3-7(12)5-8(13)4-6/h3-5H,1-2H3,(H,14,15). The third kappa shape index (κ3) is 1.51. The van der Waals surface area contributed by atoms with Gasteiger partial charge in [-0.1, -0.05) is 23.2 Å². The molecule has 1 aliphatic heterocycles. The summed E-state index contributed by atoms with van der Waals surface area (Å²) < 4.78 is 5.33. The zero-order valence-electron chi connectivity index (χ0n) is 8.75. The third-order valence-corrected chi connectivity index (χ3v) is 3.22. The Bertz CT molecular complexity index is 450. The average molecular weight is 261 g/mol. The minimum absolute atomic E-state index is 0.398. The molecule has 1 atom stereocenters. The first-order valence-electron chi connectivity index (χ1n) is 4.70. The molecule has 1 unspecified atom stereocenters. The lowest BCUT2D eigenvalue weighted by Gasteiger charge is -2.11. The number of hydrogen-bond donors (Lipinski definition) is 1. The van der Waals surface area contributed by atoms with Gasteiger partial charge in [-0.2, -0.15) is 0 Å². The molecule has 16 heavy (non-hydrogen) atoms. The quantitative estimate of drug-likeness (QED) is 0.832. The van der Waals surface area contributed by atoms with Crippen LogP contribution in [0.1, 0.15) is 19.4 Å². The van der Waals surface area contributed by atoms with E-state index < -0.39 is 17.2 Å². The first-order valence-corrected chi connectivity index (χ1v) is 5.45. The van der Waals surface area contributed by atoms with E-state index in [0.29, 0.717) is 15.6 Å². The summed E-state index contributed by atoms with van der Waals surface area (Å²) in [6.07, 6.45) is 0. The van der Waals surface area contributed by atoms with Crippen molar-refractivity contribution in [1.29, 1.82) is 0 Å². The summed E-state index contributed by atoms with van der Waals surface area (Å²) in [6.45, 7) is 3.44. The van der Waals surface area contributed by atoms with E-state index in [1.54, 1.807) is 32.0 Å². The summed E-state index contributed by atoms with van der Waals surface area (Å²) >= 11 is 11.7. The molecule has 0 aliphatic carbocycles. The number of halogens is 2. The zero-order chi connectivity index (χ0) is 12.1. The molecule has 2 rings (SSSR count). The molecule has 0 amide bonds. The second kappa shape index (κ2) is 3.36. The first kappa shape index (κ1) is 11.7. The van der Waals surface area contributed by atoms with Gasteiger partial charge in [0.2, 0.25) is 5.60 Å². The van der Waals surface area contributed by atoms with Gasteiger partial charge in [0, 0.05) is 15.6 Å². The Hall–Kier alpha value is -0.770. The van der Waals surface area contributed by atoms with E-state index in [1.807, 2.05) is 0 Å². The van der Waals surface area contributed by atoms with Gasteiger partial charge in [-0.25, -0.2) is 4.79 Å². The maximum Gasteiger partial charge on any atom is 0.343 e. The number of hydrogen-bond acceptors (Lipinski definition) is 2. The van der Waals surface area contributed by atoms with Gasteiger partial charge in [0.15, 0.2) is 0 Å². The van der Waals surface area contributed by atoms with Gasteiger partial charge in [-0.05, 0) is 32.0 Å². The average Bonchev–Trinajstić information content (AvgIpc) is 2.69. The highest BCUT2D eigenvalue weighted by molar-refractivity contribution is 6.34. The first-order chi connectivity index (χ1) is 7.29. The lowest BCUT2D eigenvalue weighted by Crippen LogP contribution is -2.28. The Balaban J connectivity index is 2.55. The van der Waals surface area contributed by atoms with E-state index in [-0.39, 0.29) is 0 Å². The molecule has 1 aliphatic rings. The number of epoxide rings is 1. The highest BCUT2D eigenvalue weighted by Crippen LogP contribution is 2.56. The van der Waals surface area contributed by atoms with Crippen LogP contribution in [0.15, 0.2) is 18.2 Å². The third-order valence-electron chi connectivity index (χ3n) is 2.78. The van der Waals surface area contributed by atoms with Crippen LogP contribution in [-0.2, 0) is 15.1 Å². The number of rotatable bonds is 2. The maximum atomic E-state index is 11.3. The van der Waals surface area contributed by atoms with Crippen LogP contribution >= 0.6 is 23.2 Å². The van der Waals surface area contributed by atoms with Gasteiger partial charge in [-0.3, -0.25) is 0 Å². The number of carbonyl (C=O) groups is 1. The summed E-state index contributed by atoms with van der Waals surface area (Å²) in [4.78, 5) is 11.3. The van der Waals surface area contributed by atoms with Crippen LogP contribution in [-0.4, -0.2) is 16.7 Å². The molecule has 1 saturated heterocycles. The van der Waals surface area contributed by atoms with E-state index in [2.05, 4.69) is 0 Å². The van der Waals surface area contributed by atoms with Crippen molar-refractivity contribution in [3.05, 3.63) is 33.8 Å². The minimum atomic E-state index is -1.33. The van der Waals surface area contributed by atoms with Crippen LogP contribution in [0.25, 0.3) is 0 Å². The molecule has 0 bridgehead atoms. The fourth-order valence-corrected chi connectivity index (χ4v) is 2.47. The normalized spacial score (nSPS) is 26.5. The van der Waals surface area contributed by atoms with Gasteiger partial charge in [0.1, 0.15) is 5.60 Å². The van der Waals surface area contributed by atoms with Crippen LogP contribution in [0.3, 0.4) is 0 Å². The summed E-state index contributed by atoms with van der Waals surface area (Å²) in [6, 6.07) is 4.68. The summed E-state index contributed by atoms with van der Waals surface area (Å²) in [5.41, 5.74) is -1.60. The molecular weight excluding hydrogens is 251 g/mol. The molecular formula is C11H10Cl2O3. The van der Waals surface area contributed by atoms with Crippen molar-refractivity contribution in [2.45, 2.75) is 25.0 Å². The molecule has 0 radical (unpaired) electrons. The monoisotopic (exact) mass is 260 g/mol. The predicted molar refractivity (Wildman–Crippen MR) is 60.9 cm³/mol. The highest BCUT2D eigenvalue weighted by Gasteiger charge is 2.71. The number of ether oxygens (including phenoxy) is 1. The van der Waals surface area contributed by atoms with Gasteiger partial charge in [0.05, 0.1) is 0 Å². The zero-order valence-corrected chi connectivity index (χ0v) is 10.3. The second-order valence-corrected chi connectivity index (χ2v) is 5.13. The molecule has 0 spiro atoms. The number of aliphatic carboxylic acids is 1. The van der Waals surface area contributed by atoms with Crippen molar-refractivity contribution in [3.8, 4) is 0 Å². The number of carboxylic acids is 1. The summed E-state index contributed by atoms with van der Waals surface area (Å²) in [5.74, 6) is -1.03. The van der Waals surface area contributed by atoms with E-state index in [1.165, 1.54) is 0 Å².